The minimum atomic E-state index is -0.500. The average molecular weight is 259 g/mol. The predicted molar refractivity (Wildman–Crippen MR) is 69.2 cm³/mol. The first kappa shape index (κ1) is 12.9. The quantitative estimate of drug-likeness (QED) is 0.856. The van der Waals surface area contributed by atoms with Crippen molar-refractivity contribution >= 4 is 5.97 Å². The van der Waals surface area contributed by atoms with Crippen molar-refractivity contribution in [1.82, 2.24) is 4.98 Å². The van der Waals surface area contributed by atoms with E-state index in [1.54, 1.807) is 37.7 Å². The zero-order valence-electron chi connectivity index (χ0n) is 10.6. The third-order valence-corrected chi connectivity index (χ3v) is 2.71. The number of phenols is 1. The summed E-state index contributed by atoms with van der Waals surface area (Å²) in [5.74, 6) is 0.0605. The number of hydrogen-bond donors (Lipinski definition) is 1. The van der Waals surface area contributed by atoms with Crippen molar-refractivity contribution in [1.29, 1.82) is 0 Å². The Bertz CT molecular complexity index is 610. The standard InChI is InChI=1S/C14H13NO4/c1-18-13-5-6-15-8-11(13)10-4-3-9(7-12(10)16)14(17)19-2/h3-8,16H,1-2H3. The van der Waals surface area contributed by atoms with Crippen LogP contribution in [0, 0.1) is 0 Å². The number of hydrogen-bond acceptors (Lipinski definition) is 5. The minimum Gasteiger partial charge on any atom is -0.507 e. The summed E-state index contributed by atoms with van der Waals surface area (Å²) in [6.07, 6.45) is 3.19. The second-order valence-corrected chi connectivity index (χ2v) is 3.80. The molecule has 0 saturated carbocycles. The van der Waals surface area contributed by atoms with Crippen molar-refractivity contribution in [2.24, 2.45) is 0 Å². The van der Waals surface area contributed by atoms with Crippen molar-refractivity contribution in [2.75, 3.05) is 14.2 Å². The van der Waals surface area contributed by atoms with Crippen LogP contribution in [-0.4, -0.2) is 30.3 Å². The molecule has 0 amide bonds. The van der Waals surface area contributed by atoms with E-state index in [2.05, 4.69) is 9.72 Å². The van der Waals surface area contributed by atoms with Crippen LogP contribution in [0.2, 0.25) is 0 Å². The Morgan fingerprint density at radius 2 is 2.00 bits per heavy atom. The van der Waals surface area contributed by atoms with Crippen LogP contribution in [0.4, 0.5) is 0 Å². The van der Waals surface area contributed by atoms with E-state index in [4.69, 9.17) is 4.74 Å². The number of rotatable bonds is 3. The molecule has 1 heterocycles. The molecule has 0 fully saturated rings. The van der Waals surface area contributed by atoms with Crippen LogP contribution in [0.15, 0.2) is 36.7 Å². The Morgan fingerprint density at radius 1 is 1.21 bits per heavy atom. The highest BCUT2D eigenvalue weighted by Crippen LogP contribution is 2.35. The number of phenolic OH excluding ortho intramolecular Hbond substituents is 1. The molecule has 1 N–H and O–H groups in total. The molecular formula is C14H13NO4. The summed E-state index contributed by atoms with van der Waals surface area (Å²) in [6, 6.07) is 6.26. The van der Waals surface area contributed by atoms with E-state index < -0.39 is 5.97 Å². The van der Waals surface area contributed by atoms with Crippen molar-refractivity contribution in [3.63, 3.8) is 0 Å². The molecule has 0 radical (unpaired) electrons. The van der Waals surface area contributed by atoms with E-state index in [0.717, 1.165) is 0 Å². The first-order valence-corrected chi connectivity index (χ1v) is 5.57. The van der Waals surface area contributed by atoms with Crippen LogP contribution in [0.5, 0.6) is 11.5 Å². The molecule has 2 aromatic rings. The molecule has 5 nitrogen and oxygen atoms in total. The van der Waals surface area contributed by atoms with Gasteiger partial charge in [0.25, 0.3) is 0 Å². The first-order chi connectivity index (χ1) is 9.17. The third kappa shape index (κ3) is 2.49. The van der Waals surface area contributed by atoms with Gasteiger partial charge in [-0.3, -0.25) is 4.98 Å². The van der Waals surface area contributed by atoms with Crippen molar-refractivity contribution < 1.29 is 19.4 Å². The molecule has 1 aromatic carbocycles. The number of benzene rings is 1. The van der Waals surface area contributed by atoms with Crippen molar-refractivity contribution in [3.05, 3.63) is 42.2 Å². The van der Waals surface area contributed by atoms with Gasteiger partial charge >= 0.3 is 5.97 Å². The van der Waals surface area contributed by atoms with Crippen LogP contribution < -0.4 is 4.74 Å². The smallest absolute Gasteiger partial charge is 0.337 e. The lowest BCUT2D eigenvalue weighted by Gasteiger charge is -2.10. The monoisotopic (exact) mass is 259 g/mol. The lowest BCUT2D eigenvalue weighted by atomic mass is 10.0. The highest BCUT2D eigenvalue weighted by molar-refractivity contribution is 5.91. The first-order valence-electron chi connectivity index (χ1n) is 5.57. The SMILES string of the molecule is COC(=O)c1ccc(-c2cnccc2OC)c(O)c1. The van der Waals surface area contributed by atoms with Gasteiger partial charge in [0, 0.05) is 23.5 Å². The van der Waals surface area contributed by atoms with Gasteiger partial charge in [-0.15, -0.1) is 0 Å². The van der Waals surface area contributed by atoms with Crippen LogP contribution in [0.25, 0.3) is 11.1 Å². The molecular weight excluding hydrogens is 246 g/mol. The zero-order chi connectivity index (χ0) is 13.8. The largest absolute Gasteiger partial charge is 0.507 e. The molecule has 0 bridgehead atoms. The Kier molecular flexibility index (Phi) is 3.66. The second-order valence-electron chi connectivity index (χ2n) is 3.80. The molecule has 2 rings (SSSR count). The summed E-state index contributed by atoms with van der Waals surface area (Å²) in [5, 5.41) is 10.0. The Morgan fingerprint density at radius 3 is 2.63 bits per heavy atom. The Balaban J connectivity index is 2.49. The molecule has 0 aliphatic heterocycles. The molecule has 0 aliphatic carbocycles. The van der Waals surface area contributed by atoms with E-state index in [1.807, 2.05) is 0 Å². The van der Waals surface area contributed by atoms with Gasteiger partial charge < -0.3 is 14.6 Å². The number of aromatic hydroxyl groups is 1. The highest BCUT2D eigenvalue weighted by atomic mass is 16.5. The summed E-state index contributed by atoms with van der Waals surface area (Å²) in [5.41, 5.74) is 1.48. The maximum atomic E-state index is 11.4. The zero-order valence-corrected chi connectivity index (χ0v) is 10.6. The fourth-order valence-corrected chi connectivity index (χ4v) is 1.77. The number of carbonyl (C=O) groups is 1. The Labute approximate surface area is 110 Å². The van der Waals surface area contributed by atoms with Gasteiger partial charge in [0.1, 0.15) is 11.5 Å². The van der Waals surface area contributed by atoms with Gasteiger partial charge in [0.2, 0.25) is 0 Å². The van der Waals surface area contributed by atoms with E-state index in [-0.39, 0.29) is 11.3 Å². The summed E-state index contributed by atoms with van der Waals surface area (Å²) in [7, 11) is 2.83. The summed E-state index contributed by atoms with van der Waals surface area (Å²) in [6.45, 7) is 0. The van der Waals surface area contributed by atoms with E-state index in [9.17, 15) is 9.90 Å². The maximum Gasteiger partial charge on any atom is 0.337 e. The van der Waals surface area contributed by atoms with Gasteiger partial charge in [-0.1, -0.05) is 0 Å². The van der Waals surface area contributed by atoms with Gasteiger partial charge in [0.05, 0.1) is 19.8 Å². The molecule has 19 heavy (non-hydrogen) atoms. The lowest BCUT2D eigenvalue weighted by molar-refractivity contribution is 0.0600. The van der Waals surface area contributed by atoms with E-state index >= 15 is 0 Å². The van der Waals surface area contributed by atoms with Crippen molar-refractivity contribution in [2.45, 2.75) is 0 Å². The van der Waals surface area contributed by atoms with Crippen LogP contribution in [0.3, 0.4) is 0 Å². The lowest BCUT2D eigenvalue weighted by Crippen LogP contribution is -2.00. The predicted octanol–water partition coefficient (Wildman–Crippen LogP) is 2.25. The molecule has 0 saturated heterocycles. The molecule has 0 spiro atoms. The summed E-state index contributed by atoms with van der Waals surface area (Å²) < 4.78 is 9.81. The number of ether oxygens (including phenoxy) is 2. The highest BCUT2D eigenvalue weighted by Gasteiger charge is 2.13. The second kappa shape index (κ2) is 5.39. The average Bonchev–Trinajstić information content (AvgIpc) is 2.46. The molecule has 0 atom stereocenters. The third-order valence-electron chi connectivity index (χ3n) is 2.71. The fourth-order valence-electron chi connectivity index (χ4n) is 1.77. The van der Waals surface area contributed by atoms with Gasteiger partial charge in [0.15, 0.2) is 0 Å². The maximum absolute atomic E-state index is 11.4. The number of nitrogens with zero attached hydrogens (tertiary/aromatic N) is 1. The van der Waals surface area contributed by atoms with Gasteiger partial charge in [-0.05, 0) is 24.3 Å². The molecule has 5 heteroatoms. The number of aromatic nitrogens is 1. The topological polar surface area (TPSA) is 68.7 Å². The number of pyridine rings is 1. The van der Waals surface area contributed by atoms with E-state index in [1.165, 1.54) is 13.2 Å². The number of methoxy groups -OCH3 is 2. The molecule has 0 aliphatic rings. The van der Waals surface area contributed by atoms with Crippen LogP contribution in [0.1, 0.15) is 10.4 Å². The fraction of sp³-hybridized carbons (Fsp3) is 0.143. The number of esters is 1. The van der Waals surface area contributed by atoms with Gasteiger partial charge in [-0.2, -0.15) is 0 Å². The summed E-state index contributed by atoms with van der Waals surface area (Å²) in [4.78, 5) is 15.4. The normalized spacial score (nSPS) is 10.0. The summed E-state index contributed by atoms with van der Waals surface area (Å²) >= 11 is 0. The molecule has 0 unspecified atom stereocenters. The molecule has 98 valence electrons. The van der Waals surface area contributed by atoms with Crippen LogP contribution >= 0.6 is 0 Å². The number of carbonyl (C=O) groups excluding carboxylic acids is 1. The van der Waals surface area contributed by atoms with Gasteiger partial charge in [-0.25, -0.2) is 4.79 Å². The van der Waals surface area contributed by atoms with Crippen LogP contribution in [-0.2, 0) is 4.74 Å². The minimum absolute atomic E-state index is 0.0331. The Hall–Kier alpha value is -2.56. The van der Waals surface area contributed by atoms with Crippen molar-refractivity contribution in [3.8, 4) is 22.6 Å². The molecule has 1 aromatic heterocycles. The van der Waals surface area contributed by atoms with E-state index in [0.29, 0.717) is 16.9 Å².